The summed E-state index contributed by atoms with van der Waals surface area (Å²) in [7, 11) is -3.97. The molecule has 0 N–H and O–H groups in total. The Labute approximate surface area is 195 Å². The second-order valence-corrected chi connectivity index (χ2v) is 9.78. The summed E-state index contributed by atoms with van der Waals surface area (Å²) in [5.41, 5.74) is 2.85. The largest absolute Gasteiger partial charge is 0.494 e. The number of anilines is 2. The van der Waals surface area contributed by atoms with Gasteiger partial charge in [0, 0.05) is 17.5 Å². The Morgan fingerprint density at radius 1 is 0.909 bits per heavy atom. The van der Waals surface area contributed by atoms with Crippen LogP contribution in [0.1, 0.15) is 42.6 Å². The lowest BCUT2D eigenvalue weighted by Gasteiger charge is -2.29. The van der Waals surface area contributed by atoms with Crippen LogP contribution in [0, 0.1) is 0 Å². The summed E-state index contributed by atoms with van der Waals surface area (Å²) in [4.78, 5) is 15.0. The minimum Gasteiger partial charge on any atom is -0.494 e. The first kappa shape index (κ1) is 22.8. The number of rotatable bonds is 8. The Balaban J connectivity index is 1.76. The van der Waals surface area contributed by atoms with E-state index in [1.807, 2.05) is 19.1 Å². The van der Waals surface area contributed by atoms with Gasteiger partial charge in [-0.3, -0.25) is 4.79 Å². The van der Waals surface area contributed by atoms with Gasteiger partial charge in [-0.25, -0.2) is 8.42 Å². The first-order chi connectivity index (χ1) is 16.0. The van der Waals surface area contributed by atoms with Crippen LogP contribution < -0.4 is 9.64 Å². The third kappa shape index (κ3) is 4.57. The van der Waals surface area contributed by atoms with Gasteiger partial charge in [0.15, 0.2) is 0 Å². The first-order valence-corrected chi connectivity index (χ1v) is 12.7. The average Bonchev–Trinajstić information content (AvgIpc) is 2.84. The molecule has 3 aromatic rings. The van der Waals surface area contributed by atoms with Crippen LogP contribution in [0.3, 0.4) is 0 Å². The average molecular weight is 462 g/mol. The third-order valence-corrected chi connectivity index (χ3v) is 7.43. The van der Waals surface area contributed by atoms with E-state index in [-0.39, 0.29) is 9.80 Å². The molecule has 5 nitrogen and oxygen atoms in total. The number of carbonyl (C=O) groups is 1. The number of para-hydroxylation sites is 1. The fraction of sp³-hybridized carbons (Fsp3) is 0.222. The first-order valence-electron chi connectivity index (χ1n) is 11.2. The summed E-state index contributed by atoms with van der Waals surface area (Å²) in [6, 6.07) is 21.4. The van der Waals surface area contributed by atoms with Crippen molar-refractivity contribution in [3.05, 3.63) is 95.0 Å². The second-order valence-electron chi connectivity index (χ2n) is 7.89. The molecule has 0 spiro atoms. The molecule has 1 aliphatic rings. The molecule has 0 aromatic heterocycles. The predicted molar refractivity (Wildman–Crippen MR) is 131 cm³/mol. The molecule has 33 heavy (non-hydrogen) atoms. The normalized spacial score (nSPS) is 14.4. The highest BCUT2D eigenvalue weighted by Crippen LogP contribution is 2.40. The van der Waals surface area contributed by atoms with E-state index in [1.165, 1.54) is 11.8 Å². The van der Waals surface area contributed by atoms with E-state index in [4.69, 9.17) is 4.74 Å². The quantitative estimate of drug-likeness (QED) is 0.381. The number of carbonyl (C=O) groups excluding carboxylic acids is 1. The van der Waals surface area contributed by atoms with Crippen LogP contribution in [0.5, 0.6) is 5.75 Å². The zero-order valence-electron chi connectivity index (χ0n) is 18.8. The van der Waals surface area contributed by atoms with Crippen LogP contribution in [0.2, 0.25) is 0 Å². The number of sulfone groups is 1. The van der Waals surface area contributed by atoms with Crippen LogP contribution in [0.4, 0.5) is 11.4 Å². The van der Waals surface area contributed by atoms with Crippen molar-refractivity contribution in [2.45, 2.75) is 38.0 Å². The van der Waals surface area contributed by atoms with Crippen LogP contribution in [-0.4, -0.2) is 20.8 Å². The SMILES string of the molecule is CCCCc1ccc(N2C=C(C(=O)c3ccc(OCC)cc3)S(=O)(=O)c3ccccc32)cc1. The number of fused-ring (bicyclic) bond motifs is 1. The van der Waals surface area contributed by atoms with Gasteiger partial charge in [0.25, 0.3) is 0 Å². The van der Waals surface area contributed by atoms with Crippen LogP contribution >= 0.6 is 0 Å². The number of ether oxygens (including phenoxy) is 1. The molecule has 1 aliphatic heterocycles. The Morgan fingerprint density at radius 3 is 2.27 bits per heavy atom. The topological polar surface area (TPSA) is 63.7 Å². The second kappa shape index (κ2) is 9.63. The number of ketones is 1. The van der Waals surface area contributed by atoms with Crippen molar-refractivity contribution in [2.24, 2.45) is 0 Å². The van der Waals surface area contributed by atoms with Crippen LogP contribution in [0.25, 0.3) is 0 Å². The van der Waals surface area contributed by atoms with Gasteiger partial charge in [0.05, 0.1) is 17.2 Å². The van der Waals surface area contributed by atoms with E-state index in [0.717, 1.165) is 24.9 Å². The maximum absolute atomic E-state index is 13.4. The Morgan fingerprint density at radius 2 is 1.61 bits per heavy atom. The van der Waals surface area contributed by atoms with Gasteiger partial charge in [0.1, 0.15) is 10.7 Å². The molecule has 0 aliphatic carbocycles. The number of nitrogens with zero attached hydrogens (tertiary/aromatic N) is 1. The molecule has 3 aromatic carbocycles. The molecule has 4 rings (SSSR count). The van der Waals surface area contributed by atoms with Crippen molar-refractivity contribution in [1.29, 1.82) is 0 Å². The maximum Gasteiger partial charge on any atom is 0.214 e. The molecule has 0 fully saturated rings. The smallest absolute Gasteiger partial charge is 0.214 e. The highest BCUT2D eigenvalue weighted by molar-refractivity contribution is 7.96. The number of Topliss-reactive ketones (excluding diaryl/α,β-unsaturated/α-hetero) is 1. The molecule has 0 saturated heterocycles. The molecule has 170 valence electrons. The summed E-state index contributed by atoms with van der Waals surface area (Å²) >= 11 is 0. The molecule has 0 radical (unpaired) electrons. The summed E-state index contributed by atoms with van der Waals surface area (Å²) < 4.78 is 32.2. The van der Waals surface area contributed by atoms with Crippen molar-refractivity contribution < 1.29 is 17.9 Å². The Bertz CT molecular complexity index is 1280. The molecule has 6 heteroatoms. The molecule has 1 heterocycles. The number of hydrogen-bond donors (Lipinski definition) is 0. The predicted octanol–water partition coefficient (Wildman–Crippen LogP) is 6.08. The molecule has 0 bridgehead atoms. The van der Waals surface area contributed by atoms with Gasteiger partial charge in [-0.1, -0.05) is 37.6 Å². The number of hydrogen-bond acceptors (Lipinski definition) is 5. The molecular weight excluding hydrogens is 434 g/mol. The van der Waals surface area contributed by atoms with Crippen molar-refractivity contribution >= 4 is 27.0 Å². The summed E-state index contributed by atoms with van der Waals surface area (Å²) in [5, 5.41) is 0. The minimum atomic E-state index is -3.97. The van der Waals surface area contributed by atoms with Gasteiger partial charge in [0.2, 0.25) is 15.6 Å². The van der Waals surface area contributed by atoms with E-state index in [9.17, 15) is 13.2 Å². The van der Waals surface area contributed by atoms with Gasteiger partial charge in [-0.15, -0.1) is 0 Å². The lowest BCUT2D eigenvalue weighted by molar-refractivity contribution is 0.104. The monoisotopic (exact) mass is 461 g/mol. The van der Waals surface area contributed by atoms with E-state index in [0.29, 0.717) is 23.6 Å². The number of aryl methyl sites for hydroxylation is 1. The summed E-state index contributed by atoms with van der Waals surface area (Å²) in [6.45, 7) is 4.55. The zero-order valence-corrected chi connectivity index (χ0v) is 19.6. The highest BCUT2D eigenvalue weighted by Gasteiger charge is 2.36. The fourth-order valence-corrected chi connectivity index (χ4v) is 5.41. The van der Waals surface area contributed by atoms with Crippen molar-refractivity contribution in [3.8, 4) is 5.75 Å². The van der Waals surface area contributed by atoms with Gasteiger partial charge >= 0.3 is 0 Å². The number of unbranched alkanes of at least 4 members (excludes halogenated alkanes) is 1. The standard InChI is InChI=1S/C27H27NO4S/c1-3-5-8-20-11-15-22(16-12-20)28-19-26(33(30,31)25-10-7-6-9-24(25)28)27(29)21-13-17-23(18-14-21)32-4-2/h6-7,9-19H,3-5,8H2,1-2H3. The van der Waals surface area contributed by atoms with Crippen LogP contribution in [0.15, 0.2) is 88.8 Å². The van der Waals surface area contributed by atoms with Crippen molar-refractivity contribution in [2.75, 3.05) is 11.5 Å². The third-order valence-electron chi connectivity index (χ3n) is 5.63. The van der Waals surface area contributed by atoms with Crippen molar-refractivity contribution in [1.82, 2.24) is 0 Å². The highest BCUT2D eigenvalue weighted by atomic mass is 32.2. The zero-order chi connectivity index (χ0) is 23.4. The Hall–Kier alpha value is -3.38. The number of benzene rings is 3. The number of allylic oxidation sites excluding steroid dienone is 1. The summed E-state index contributed by atoms with van der Waals surface area (Å²) in [6.07, 6.45) is 4.68. The van der Waals surface area contributed by atoms with Crippen LogP contribution in [-0.2, 0) is 16.3 Å². The molecule has 0 amide bonds. The lowest BCUT2D eigenvalue weighted by atomic mass is 10.1. The minimum absolute atomic E-state index is 0.122. The lowest BCUT2D eigenvalue weighted by Crippen LogP contribution is -2.25. The molecule has 0 unspecified atom stereocenters. The molecule has 0 saturated carbocycles. The fourth-order valence-electron chi connectivity index (χ4n) is 3.87. The van der Waals surface area contributed by atoms with E-state index in [2.05, 4.69) is 19.1 Å². The van der Waals surface area contributed by atoms with E-state index >= 15 is 0 Å². The van der Waals surface area contributed by atoms with E-state index < -0.39 is 15.6 Å². The van der Waals surface area contributed by atoms with Gasteiger partial charge in [-0.2, -0.15) is 0 Å². The van der Waals surface area contributed by atoms with Gasteiger partial charge in [-0.05, 0) is 73.9 Å². The Kier molecular flexibility index (Phi) is 6.65. The van der Waals surface area contributed by atoms with Crippen molar-refractivity contribution in [3.63, 3.8) is 0 Å². The van der Waals surface area contributed by atoms with Gasteiger partial charge < -0.3 is 9.64 Å². The summed E-state index contributed by atoms with van der Waals surface area (Å²) in [5.74, 6) is 0.0850. The molecular formula is C27H27NO4S. The molecule has 0 atom stereocenters. The maximum atomic E-state index is 13.4. The van der Waals surface area contributed by atoms with E-state index in [1.54, 1.807) is 53.4 Å².